The summed E-state index contributed by atoms with van der Waals surface area (Å²) in [5.41, 5.74) is 3.48. The third-order valence-corrected chi connectivity index (χ3v) is 6.72. The van der Waals surface area contributed by atoms with Gasteiger partial charge in [-0.3, -0.25) is 9.52 Å². The number of nitrogens with one attached hydrogen (secondary N) is 1. The number of methoxy groups -OCH3 is 1. The number of hydrogen-bond acceptors (Lipinski definition) is 4. The van der Waals surface area contributed by atoms with E-state index in [0.717, 1.165) is 42.5 Å². The molecule has 0 aromatic heterocycles. The highest BCUT2D eigenvalue weighted by Crippen LogP contribution is 2.33. The number of amides is 1. The quantitative estimate of drug-likeness (QED) is 0.837. The molecular weight excluding hydrogens is 376 g/mol. The van der Waals surface area contributed by atoms with E-state index in [1.807, 2.05) is 30.0 Å². The van der Waals surface area contributed by atoms with Crippen LogP contribution in [-0.2, 0) is 27.8 Å². The lowest BCUT2D eigenvalue weighted by molar-refractivity contribution is -0.133. The maximum atomic E-state index is 12.9. The molecule has 2 aromatic carbocycles. The Morgan fingerprint density at radius 3 is 2.64 bits per heavy atom. The monoisotopic (exact) mass is 400 g/mol. The van der Waals surface area contributed by atoms with E-state index >= 15 is 0 Å². The molecule has 1 saturated carbocycles. The largest absolute Gasteiger partial charge is 0.495 e. The Hall–Kier alpha value is -2.54. The van der Waals surface area contributed by atoms with Gasteiger partial charge in [-0.05, 0) is 67.1 Å². The molecule has 7 heteroatoms. The van der Waals surface area contributed by atoms with Crippen LogP contribution in [0.15, 0.2) is 41.3 Å². The predicted octanol–water partition coefficient (Wildman–Crippen LogP) is 3.10. The molecule has 1 aliphatic carbocycles. The molecule has 0 bridgehead atoms. The summed E-state index contributed by atoms with van der Waals surface area (Å²) in [5.74, 6) is 0.718. The lowest BCUT2D eigenvalue weighted by Crippen LogP contribution is -2.36. The number of benzene rings is 2. The molecular formula is C21H24N2O4S. The van der Waals surface area contributed by atoms with E-state index in [2.05, 4.69) is 4.72 Å². The van der Waals surface area contributed by atoms with Crippen LogP contribution < -0.4 is 9.46 Å². The van der Waals surface area contributed by atoms with Gasteiger partial charge in [-0.15, -0.1) is 0 Å². The summed E-state index contributed by atoms with van der Waals surface area (Å²) in [4.78, 5) is 14.4. The molecule has 1 aliphatic heterocycles. The maximum Gasteiger partial charge on any atom is 0.265 e. The summed E-state index contributed by atoms with van der Waals surface area (Å²) < 4.78 is 33.7. The van der Waals surface area contributed by atoms with Crippen LogP contribution in [-0.4, -0.2) is 32.9 Å². The van der Waals surface area contributed by atoms with E-state index in [9.17, 15) is 13.2 Å². The summed E-state index contributed by atoms with van der Waals surface area (Å²) in [5, 5.41) is 0. The minimum atomic E-state index is -3.79. The molecule has 1 amide bonds. The zero-order valence-electron chi connectivity index (χ0n) is 16.1. The third kappa shape index (κ3) is 3.71. The van der Waals surface area contributed by atoms with Crippen molar-refractivity contribution in [1.82, 2.24) is 4.90 Å². The highest BCUT2D eigenvalue weighted by Gasteiger charge is 2.34. The molecule has 0 saturated heterocycles. The average molecular weight is 401 g/mol. The van der Waals surface area contributed by atoms with Gasteiger partial charge in [0.2, 0.25) is 5.91 Å². The summed E-state index contributed by atoms with van der Waals surface area (Å²) >= 11 is 0. The van der Waals surface area contributed by atoms with Gasteiger partial charge >= 0.3 is 0 Å². The molecule has 0 radical (unpaired) electrons. The van der Waals surface area contributed by atoms with Crippen molar-refractivity contribution in [3.8, 4) is 5.75 Å². The smallest absolute Gasteiger partial charge is 0.265 e. The summed E-state index contributed by atoms with van der Waals surface area (Å²) in [6, 6.07) is 10.6. The van der Waals surface area contributed by atoms with Crippen molar-refractivity contribution >= 4 is 21.6 Å². The van der Waals surface area contributed by atoms with Crippen LogP contribution in [0.3, 0.4) is 0 Å². The second kappa shape index (κ2) is 7.13. The Morgan fingerprint density at radius 1 is 1.14 bits per heavy atom. The van der Waals surface area contributed by atoms with Gasteiger partial charge in [0.15, 0.2) is 0 Å². The fourth-order valence-corrected chi connectivity index (χ4v) is 4.91. The standard InChI is InChI=1S/C21H24N2O4S/c1-14-3-8-19(27-2)20(11-14)28(25,26)22-18-7-6-15-9-10-23(13-17(15)12-18)21(24)16-4-5-16/h3,6-8,11-12,16,22H,4-5,9-10,13H2,1-2H3. The van der Waals surface area contributed by atoms with Crippen LogP contribution >= 0.6 is 0 Å². The SMILES string of the molecule is COc1ccc(C)cc1S(=O)(=O)Nc1ccc2c(c1)CN(C(=O)C1CC1)CC2. The molecule has 1 N–H and O–H groups in total. The number of hydrogen-bond donors (Lipinski definition) is 1. The number of fused-ring (bicyclic) bond motifs is 1. The topological polar surface area (TPSA) is 75.7 Å². The van der Waals surface area contributed by atoms with Crippen LogP contribution in [0.25, 0.3) is 0 Å². The van der Waals surface area contributed by atoms with Crippen molar-refractivity contribution in [3.63, 3.8) is 0 Å². The third-order valence-electron chi connectivity index (χ3n) is 5.32. The molecule has 2 aliphatic rings. The molecule has 1 fully saturated rings. The molecule has 2 aromatic rings. The number of ether oxygens (including phenoxy) is 1. The molecule has 0 unspecified atom stereocenters. The van der Waals surface area contributed by atoms with Gasteiger partial charge < -0.3 is 9.64 Å². The van der Waals surface area contributed by atoms with E-state index in [-0.39, 0.29) is 16.7 Å². The summed E-state index contributed by atoms with van der Waals surface area (Å²) in [7, 11) is -2.34. The molecule has 148 valence electrons. The lowest BCUT2D eigenvalue weighted by Gasteiger charge is -2.29. The fourth-order valence-electron chi connectivity index (χ4n) is 3.60. The van der Waals surface area contributed by atoms with E-state index in [4.69, 9.17) is 4.74 Å². The van der Waals surface area contributed by atoms with Crippen molar-refractivity contribution in [2.45, 2.75) is 37.6 Å². The van der Waals surface area contributed by atoms with Gasteiger partial charge in [-0.25, -0.2) is 8.42 Å². The maximum absolute atomic E-state index is 12.9. The predicted molar refractivity (Wildman–Crippen MR) is 107 cm³/mol. The second-order valence-corrected chi connectivity index (χ2v) is 9.18. The first-order chi connectivity index (χ1) is 13.4. The van der Waals surface area contributed by atoms with Crippen molar-refractivity contribution in [2.75, 3.05) is 18.4 Å². The Labute approximate surface area is 165 Å². The number of aryl methyl sites for hydroxylation is 1. The molecule has 28 heavy (non-hydrogen) atoms. The van der Waals surface area contributed by atoms with Gasteiger partial charge in [0.1, 0.15) is 10.6 Å². The second-order valence-electron chi connectivity index (χ2n) is 7.53. The number of sulfonamides is 1. The van der Waals surface area contributed by atoms with Crippen molar-refractivity contribution in [3.05, 3.63) is 53.1 Å². The van der Waals surface area contributed by atoms with E-state index in [1.165, 1.54) is 7.11 Å². The normalized spacial score (nSPS) is 16.4. The minimum absolute atomic E-state index is 0.109. The molecule has 6 nitrogen and oxygen atoms in total. The number of carbonyl (C=O) groups is 1. The van der Waals surface area contributed by atoms with Crippen molar-refractivity contribution in [2.24, 2.45) is 5.92 Å². The molecule has 1 heterocycles. The minimum Gasteiger partial charge on any atom is -0.495 e. The van der Waals surface area contributed by atoms with E-state index in [1.54, 1.807) is 18.2 Å². The van der Waals surface area contributed by atoms with Gasteiger partial charge in [0, 0.05) is 24.7 Å². The highest BCUT2D eigenvalue weighted by atomic mass is 32.2. The van der Waals surface area contributed by atoms with Gasteiger partial charge in [0.05, 0.1) is 7.11 Å². The van der Waals surface area contributed by atoms with Gasteiger partial charge in [0.25, 0.3) is 10.0 Å². The van der Waals surface area contributed by atoms with Gasteiger partial charge in [-0.2, -0.15) is 0 Å². The highest BCUT2D eigenvalue weighted by molar-refractivity contribution is 7.92. The lowest BCUT2D eigenvalue weighted by atomic mass is 9.99. The van der Waals surface area contributed by atoms with Crippen LogP contribution in [0.2, 0.25) is 0 Å². The zero-order chi connectivity index (χ0) is 19.9. The van der Waals surface area contributed by atoms with Crippen LogP contribution in [0.4, 0.5) is 5.69 Å². The number of carbonyl (C=O) groups excluding carboxylic acids is 1. The van der Waals surface area contributed by atoms with Crippen molar-refractivity contribution in [1.29, 1.82) is 0 Å². The zero-order valence-corrected chi connectivity index (χ0v) is 16.9. The van der Waals surface area contributed by atoms with E-state index < -0.39 is 10.0 Å². The Morgan fingerprint density at radius 2 is 1.93 bits per heavy atom. The Bertz CT molecular complexity index is 1030. The summed E-state index contributed by atoms with van der Waals surface area (Å²) in [6.45, 7) is 3.10. The number of rotatable bonds is 5. The summed E-state index contributed by atoms with van der Waals surface area (Å²) in [6.07, 6.45) is 2.77. The molecule has 0 atom stereocenters. The number of anilines is 1. The van der Waals surface area contributed by atoms with Gasteiger partial charge in [-0.1, -0.05) is 12.1 Å². The van der Waals surface area contributed by atoms with Crippen molar-refractivity contribution < 1.29 is 17.9 Å². The Balaban J connectivity index is 1.58. The van der Waals surface area contributed by atoms with E-state index in [0.29, 0.717) is 18.0 Å². The number of nitrogens with zero attached hydrogens (tertiary/aromatic N) is 1. The van der Waals surface area contributed by atoms with Crippen LogP contribution in [0, 0.1) is 12.8 Å². The first-order valence-corrected chi connectivity index (χ1v) is 10.9. The first-order valence-electron chi connectivity index (χ1n) is 9.45. The molecule has 4 rings (SSSR count). The fraction of sp³-hybridized carbons (Fsp3) is 0.381. The average Bonchev–Trinajstić information content (AvgIpc) is 3.52. The van der Waals surface area contributed by atoms with Crippen LogP contribution in [0.5, 0.6) is 5.75 Å². The molecule has 0 spiro atoms. The van der Waals surface area contributed by atoms with Crippen LogP contribution in [0.1, 0.15) is 29.5 Å². The first kappa shape index (κ1) is 18.8. The Kier molecular flexibility index (Phi) is 4.79.